The highest BCUT2D eigenvalue weighted by atomic mass is 32.2. The van der Waals surface area contributed by atoms with Crippen LogP contribution in [0.1, 0.15) is 18.9 Å². The number of benzene rings is 1. The van der Waals surface area contributed by atoms with Crippen molar-refractivity contribution in [3.8, 4) is 0 Å². The summed E-state index contributed by atoms with van der Waals surface area (Å²) in [6.07, 6.45) is 2.25. The standard InChI is InChI=1S/C15H18O4S/c1-3-19-15(16)14-10-12(14)8-9-20(17,18)13-6-4-11(2)5-7-13/h4-8,14H,3,9-10H2,1-2H3/b12-8-. The molecule has 1 fully saturated rings. The quantitative estimate of drug-likeness (QED) is 0.617. The molecule has 1 aromatic rings. The molecule has 0 aromatic heterocycles. The molecule has 2 rings (SSSR count). The van der Waals surface area contributed by atoms with Gasteiger partial charge in [-0.2, -0.15) is 0 Å². The molecule has 0 bridgehead atoms. The van der Waals surface area contributed by atoms with Gasteiger partial charge in [-0.3, -0.25) is 4.79 Å². The Labute approximate surface area is 119 Å². The molecule has 20 heavy (non-hydrogen) atoms. The molecule has 0 radical (unpaired) electrons. The fourth-order valence-corrected chi connectivity index (χ4v) is 3.12. The van der Waals surface area contributed by atoms with Crippen LogP contribution in [0.15, 0.2) is 40.8 Å². The molecule has 0 aliphatic heterocycles. The van der Waals surface area contributed by atoms with Crippen molar-refractivity contribution in [1.82, 2.24) is 0 Å². The molecule has 1 unspecified atom stereocenters. The van der Waals surface area contributed by atoms with E-state index in [1.54, 1.807) is 37.3 Å². The van der Waals surface area contributed by atoms with Gasteiger partial charge in [-0.25, -0.2) is 8.42 Å². The molecule has 0 spiro atoms. The molecular formula is C15H18O4S. The molecule has 1 atom stereocenters. The van der Waals surface area contributed by atoms with Crippen LogP contribution in [-0.2, 0) is 19.4 Å². The second-order valence-electron chi connectivity index (χ2n) is 4.88. The molecule has 0 saturated heterocycles. The van der Waals surface area contributed by atoms with E-state index in [1.807, 2.05) is 6.92 Å². The van der Waals surface area contributed by atoms with Crippen LogP contribution in [0, 0.1) is 12.8 Å². The third-order valence-corrected chi connectivity index (χ3v) is 4.84. The molecule has 108 valence electrons. The molecule has 0 amide bonds. The molecule has 1 aliphatic rings. The van der Waals surface area contributed by atoms with Gasteiger partial charge in [0.2, 0.25) is 0 Å². The summed E-state index contributed by atoms with van der Waals surface area (Å²) in [7, 11) is -3.32. The molecule has 1 aliphatic carbocycles. The Morgan fingerprint density at radius 2 is 2.00 bits per heavy atom. The highest BCUT2D eigenvalue weighted by Gasteiger charge is 2.37. The number of hydrogen-bond acceptors (Lipinski definition) is 4. The Bertz CT molecular complexity index is 626. The van der Waals surface area contributed by atoms with E-state index in [0.717, 1.165) is 11.1 Å². The summed E-state index contributed by atoms with van der Waals surface area (Å²) in [4.78, 5) is 11.7. The Hall–Kier alpha value is -1.62. The summed E-state index contributed by atoms with van der Waals surface area (Å²) in [5.74, 6) is -0.559. The van der Waals surface area contributed by atoms with Crippen LogP contribution >= 0.6 is 0 Å². The topological polar surface area (TPSA) is 60.4 Å². The number of esters is 1. The van der Waals surface area contributed by atoms with E-state index >= 15 is 0 Å². The second-order valence-corrected chi connectivity index (χ2v) is 6.92. The molecule has 0 N–H and O–H groups in total. The Morgan fingerprint density at radius 3 is 2.60 bits per heavy atom. The van der Waals surface area contributed by atoms with E-state index in [4.69, 9.17) is 4.74 Å². The van der Waals surface area contributed by atoms with Crippen molar-refractivity contribution in [3.63, 3.8) is 0 Å². The van der Waals surface area contributed by atoms with Crippen LogP contribution in [0.4, 0.5) is 0 Å². The van der Waals surface area contributed by atoms with E-state index in [2.05, 4.69) is 0 Å². The molecule has 0 heterocycles. The summed E-state index contributed by atoms with van der Waals surface area (Å²) in [6, 6.07) is 6.77. The first-order valence-electron chi connectivity index (χ1n) is 6.59. The van der Waals surface area contributed by atoms with Gasteiger partial charge in [0.1, 0.15) is 0 Å². The zero-order chi connectivity index (χ0) is 14.8. The fourth-order valence-electron chi connectivity index (χ4n) is 1.94. The molecule has 1 saturated carbocycles. The van der Waals surface area contributed by atoms with E-state index in [9.17, 15) is 13.2 Å². The van der Waals surface area contributed by atoms with Crippen molar-refractivity contribution >= 4 is 15.8 Å². The van der Waals surface area contributed by atoms with Crippen molar-refractivity contribution in [2.75, 3.05) is 12.4 Å². The molecule has 4 nitrogen and oxygen atoms in total. The smallest absolute Gasteiger partial charge is 0.313 e. The minimum absolute atomic E-state index is 0.0682. The van der Waals surface area contributed by atoms with Gasteiger partial charge >= 0.3 is 5.97 Å². The van der Waals surface area contributed by atoms with E-state index in [-0.39, 0.29) is 17.6 Å². The zero-order valence-corrected chi connectivity index (χ0v) is 12.4. The number of sulfone groups is 1. The van der Waals surface area contributed by atoms with Gasteiger partial charge in [0.25, 0.3) is 0 Å². The summed E-state index contributed by atoms with van der Waals surface area (Å²) in [5.41, 5.74) is 1.88. The maximum Gasteiger partial charge on any atom is 0.313 e. The van der Waals surface area contributed by atoms with E-state index < -0.39 is 9.84 Å². The third kappa shape index (κ3) is 3.48. The number of aryl methyl sites for hydroxylation is 1. The normalized spacial score (nSPS) is 19.9. The lowest BCUT2D eigenvalue weighted by Gasteiger charge is -2.01. The van der Waals surface area contributed by atoms with Crippen LogP contribution in [0.25, 0.3) is 0 Å². The number of carbonyl (C=O) groups is 1. The van der Waals surface area contributed by atoms with Gasteiger partial charge in [-0.05, 0) is 32.4 Å². The molecular weight excluding hydrogens is 276 g/mol. The minimum atomic E-state index is -3.32. The average Bonchev–Trinajstić information content (AvgIpc) is 3.17. The predicted octanol–water partition coefficient (Wildman–Crippen LogP) is 2.28. The Balaban J connectivity index is 2.01. The van der Waals surface area contributed by atoms with Crippen LogP contribution in [0.3, 0.4) is 0 Å². The summed E-state index contributed by atoms with van der Waals surface area (Å²) >= 11 is 0. The largest absolute Gasteiger partial charge is 0.466 e. The number of carbonyl (C=O) groups excluding carboxylic acids is 1. The van der Waals surface area contributed by atoms with Gasteiger partial charge < -0.3 is 4.74 Å². The summed E-state index contributed by atoms with van der Waals surface area (Å²) in [6.45, 7) is 4.02. The van der Waals surface area contributed by atoms with Crippen molar-refractivity contribution in [3.05, 3.63) is 41.5 Å². The number of rotatable bonds is 5. The molecule has 1 aromatic carbocycles. The lowest BCUT2D eigenvalue weighted by atomic mass is 10.2. The predicted molar refractivity (Wildman–Crippen MR) is 76.1 cm³/mol. The first kappa shape index (κ1) is 14.8. The summed E-state index contributed by atoms with van der Waals surface area (Å²) < 4.78 is 29.1. The van der Waals surface area contributed by atoms with Crippen LogP contribution in [0.2, 0.25) is 0 Å². The monoisotopic (exact) mass is 294 g/mol. The number of ether oxygens (including phenoxy) is 1. The van der Waals surface area contributed by atoms with Crippen LogP contribution < -0.4 is 0 Å². The summed E-state index contributed by atoms with van der Waals surface area (Å²) in [5, 5.41) is 0. The first-order chi connectivity index (χ1) is 9.44. The lowest BCUT2D eigenvalue weighted by molar-refractivity contribution is -0.144. The van der Waals surface area contributed by atoms with Crippen molar-refractivity contribution in [2.45, 2.75) is 25.2 Å². The highest BCUT2D eigenvalue weighted by molar-refractivity contribution is 7.91. The second kappa shape index (κ2) is 5.79. The van der Waals surface area contributed by atoms with Gasteiger partial charge in [0, 0.05) is 0 Å². The molecule has 5 heteroatoms. The SMILES string of the molecule is CCOC(=O)C1C/C1=C/CS(=O)(=O)c1ccc(C)cc1. The van der Waals surface area contributed by atoms with Gasteiger partial charge in [0.05, 0.1) is 23.2 Å². The Morgan fingerprint density at radius 1 is 1.35 bits per heavy atom. The van der Waals surface area contributed by atoms with Crippen LogP contribution in [-0.4, -0.2) is 26.7 Å². The maximum absolute atomic E-state index is 12.1. The third-order valence-electron chi connectivity index (χ3n) is 3.24. The minimum Gasteiger partial charge on any atom is -0.466 e. The fraction of sp³-hybridized carbons (Fsp3) is 0.400. The van der Waals surface area contributed by atoms with Crippen molar-refractivity contribution in [2.24, 2.45) is 5.92 Å². The average molecular weight is 294 g/mol. The van der Waals surface area contributed by atoms with Crippen LogP contribution in [0.5, 0.6) is 0 Å². The van der Waals surface area contributed by atoms with E-state index in [1.165, 1.54) is 0 Å². The lowest BCUT2D eigenvalue weighted by Crippen LogP contribution is -2.07. The highest BCUT2D eigenvalue weighted by Crippen LogP contribution is 2.38. The zero-order valence-electron chi connectivity index (χ0n) is 11.6. The van der Waals surface area contributed by atoms with Crippen molar-refractivity contribution < 1.29 is 17.9 Å². The van der Waals surface area contributed by atoms with Crippen molar-refractivity contribution in [1.29, 1.82) is 0 Å². The van der Waals surface area contributed by atoms with E-state index in [0.29, 0.717) is 17.9 Å². The number of hydrogen-bond donors (Lipinski definition) is 0. The maximum atomic E-state index is 12.1. The van der Waals surface area contributed by atoms with Gasteiger partial charge in [0.15, 0.2) is 9.84 Å². The van der Waals surface area contributed by atoms with Gasteiger partial charge in [-0.15, -0.1) is 0 Å². The van der Waals surface area contributed by atoms with Gasteiger partial charge in [-0.1, -0.05) is 29.3 Å². The Kier molecular flexibility index (Phi) is 4.28. The first-order valence-corrected chi connectivity index (χ1v) is 8.24.